The Balaban J connectivity index is 2.24. The molecule has 0 aliphatic rings. The molecular weight excluding hydrogens is 268 g/mol. The highest BCUT2D eigenvalue weighted by molar-refractivity contribution is 5.37. The van der Waals surface area contributed by atoms with E-state index < -0.39 is 0 Å². The molecule has 0 aromatic carbocycles. The van der Waals surface area contributed by atoms with Crippen molar-refractivity contribution in [3.8, 4) is 5.95 Å². The summed E-state index contributed by atoms with van der Waals surface area (Å²) in [5, 5.41) is 10.5. The van der Waals surface area contributed by atoms with E-state index in [-0.39, 0.29) is 5.41 Å². The van der Waals surface area contributed by atoms with Crippen molar-refractivity contribution in [2.24, 2.45) is 5.41 Å². The molecule has 0 aliphatic heterocycles. The van der Waals surface area contributed by atoms with Crippen molar-refractivity contribution < 1.29 is 0 Å². The van der Waals surface area contributed by atoms with Gasteiger partial charge < -0.3 is 10.6 Å². The molecule has 2 aromatic rings. The normalized spacial score (nSPS) is 11.4. The minimum Gasteiger partial charge on any atom is -0.354 e. The lowest BCUT2D eigenvalue weighted by Gasteiger charge is -2.19. The first-order valence-electron chi connectivity index (χ1n) is 7.07. The molecule has 2 rings (SSSR count). The van der Waals surface area contributed by atoms with Crippen molar-refractivity contribution in [2.75, 3.05) is 23.7 Å². The standard InChI is InChI=1S/C13H22N8/c1-5-6-15-10-18-11(16-7-13(2,3)4)20-12(19-10)21-9-14-8-17-21/h8-9H,5-7H2,1-4H3,(H2,15,16,18,19,20). The smallest absolute Gasteiger partial charge is 0.258 e. The Bertz CT molecular complexity index is 558. The van der Waals surface area contributed by atoms with Crippen LogP contribution >= 0.6 is 0 Å². The molecule has 21 heavy (non-hydrogen) atoms. The fourth-order valence-corrected chi connectivity index (χ4v) is 1.52. The second-order valence-corrected chi connectivity index (χ2v) is 5.96. The van der Waals surface area contributed by atoms with Gasteiger partial charge in [-0.1, -0.05) is 27.7 Å². The van der Waals surface area contributed by atoms with Crippen LogP contribution in [-0.2, 0) is 0 Å². The zero-order valence-corrected chi connectivity index (χ0v) is 13.0. The monoisotopic (exact) mass is 290 g/mol. The number of rotatable bonds is 6. The van der Waals surface area contributed by atoms with Crippen LogP contribution in [0.15, 0.2) is 12.7 Å². The fourth-order valence-electron chi connectivity index (χ4n) is 1.52. The van der Waals surface area contributed by atoms with Crippen molar-refractivity contribution in [1.82, 2.24) is 29.7 Å². The van der Waals surface area contributed by atoms with Crippen LogP contribution in [-0.4, -0.2) is 42.8 Å². The first kappa shape index (κ1) is 15.1. The maximum Gasteiger partial charge on any atom is 0.258 e. The number of hydrogen-bond acceptors (Lipinski definition) is 7. The quantitative estimate of drug-likeness (QED) is 0.836. The summed E-state index contributed by atoms with van der Waals surface area (Å²) in [5.41, 5.74) is 0.136. The lowest BCUT2D eigenvalue weighted by atomic mass is 9.97. The minimum atomic E-state index is 0.136. The summed E-state index contributed by atoms with van der Waals surface area (Å²) in [6, 6.07) is 0. The van der Waals surface area contributed by atoms with Gasteiger partial charge in [0.05, 0.1) is 0 Å². The summed E-state index contributed by atoms with van der Waals surface area (Å²) in [4.78, 5) is 17.0. The van der Waals surface area contributed by atoms with Gasteiger partial charge >= 0.3 is 0 Å². The molecule has 0 fully saturated rings. The average molecular weight is 290 g/mol. The third-order valence-electron chi connectivity index (χ3n) is 2.56. The Morgan fingerprint density at radius 2 is 1.81 bits per heavy atom. The Hall–Kier alpha value is -2.25. The SMILES string of the molecule is CCCNc1nc(NCC(C)(C)C)nc(-n2cncn2)n1. The highest BCUT2D eigenvalue weighted by Gasteiger charge is 2.13. The van der Waals surface area contributed by atoms with Gasteiger partial charge in [0.1, 0.15) is 12.7 Å². The largest absolute Gasteiger partial charge is 0.354 e. The van der Waals surface area contributed by atoms with Gasteiger partial charge in [0.15, 0.2) is 0 Å². The van der Waals surface area contributed by atoms with Gasteiger partial charge in [-0.05, 0) is 11.8 Å². The van der Waals surface area contributed by atoms with Crippen molar-refractivity contribution in [3.63, 3.8) is 0 Å². The third-order valence-corrected chi connectivity index (χ3v) is 2.56. The van der Waals surface area contributed by atoms with Crippen LogP contribution in [0, 0.1) is 5.41 Å². The maximum atomic E-state index is 4.38. The molecule has 0 spiro atoms. The van der Waals surface area contributed by atoms with E-state index in [4.69, 9.17) is 0 Å². The van der Waals surface area contributed by atoms with E-state index in [1.165, 1.54) is 11.0 Å². The first-order chi connectivity index (χ1) is 9.98. The summed E-state index contributed by atoms with van der Waals surface area (Å²) >= 11 is 0. The highest BCUT2D eigenvalue weighted by Crippen LogP contribution is 2.14. The number of hydrogen-bond donors (Lipinski definition) is 2. The van der Waals surface area contributed by atoms with Crippen molar-refractivity contribution in [2.45, 2.75) is 34.1 Å². The van der Waals surface area contributed by atoms with Crippen LogP contribution in [0.25, 0.3) is 5.95 Å². The molecule has 8 heteroatoms. The van der Waals surface area contributed by atoms with Crippen LogP contribution in [0.5, 0.6) is 0 Å². The van der Waals surface area contributed by atoms with Gasteiger partial charge in [0.25, 0.3) is 5.95 Å². The fraction of sp³-hybridized carbons (Fsp3) is 0.615. The number of nitrogens with one attached hydrogen (secondary N) is 2. The van der Waals surface area contributed by atoms with E-state index in [9.17, 15) is 0 Å². The van der Waals surface area contributed by atoms with E-state index in [2.05, 4.69) is 63.4 Å². The van der Waals surface area contributed by atoms with E-state index in [0.717, 1.165) is 19.5 Å². The van der Waals surface area contributed by atoms with Crippen molar-refractivity contribution >= 4 is 11.9 Å². The van der Waals surface area contributed by atoms with Gasteiger partial charge in [-0.15, -0.1) is 0 Å². The Labute approximate surface area is 124 Å². The van der Waals surface area contributed by atoms with Gasteiger partial charge in [-0.25, -0.2) is 4.98 Å². The van der Waals surface area contributed by atoms with Gasteiger partial charge in [-0.2, -0.15) is 24.7 Å². The van der Waals surface area contributed by atoms with Crippen molar-refractivity contribution in [1.29, 1.82) is 0 Å². The third kappa shape index (κ3) is 4.66. The summed E-state index contributed by atoms with van der Waals surface area (Å²) in [6.45, 7) is 10.1. The lowest BCUT2D eigenvalue weighted by molar-refractivity contribution is 0.441. The summed E-state index contributed by atoms with van der Waals surface area (Å²) < 4.78 is 1.51. The Kier molecular flexibility index (Phi) is 4.66. The first-order valence-corrected chi connectivity index (χ1v) is 7.07. The van der Waals surface area contributed by atoms with Crippen molar-refractivity contribution in [3.05, 3.63) is 12.7 Å². The molecule has 2 N–H and O–H groups in total. The number of nitrogens with zero attached hydrogens (tertiary/aromatic N) is 6. The van der Waals surface area contributed by atoms with Crippen LogP contribution in [0.4, 0.5) is 11.9 Å². The van der Waals surface area contributed by atoms with Crippen LogP contribution in [0.2, 0.25) is 0 Å². The predicted molar refractivity (Wildman–Crippen MR) is 81.5 cm³/mol. The lowest BCUT2D eigenvalue weighted by Crippen LogP contribution is -2.21. The molecule has 0 atom stereocenters. The second kappa shape index (κ2) is 6.47. The van der Waals surface area contributed by atoms with E-state index in [1.54, 1.807) is 6.33 Å². The predicted octanol–water partition coefficient (Wildman–Crippen LogP) is 1.73. The molecule has 0 unspecified atom stereocenters. The van der Waals surface area contributed by atoms with Crippen LogP contribution in [0.3, 0.4) is 0 Å². The highest BCUT2D eigenvalue weighted by atomic mass is 15.4. The molecule has 0 amide bonds. The molecule has 8 nitrogen and oxygen atoms in total. The summed E-state index contributed by atoms with van der Waals surface area (Å²) in [5.74, 6) is 1.51. The summed E-state index contributed by atoms with van der Waals surface area (Å²) in [7, 11) is 0. The maximum absolute atomic E-state index is 4.38. The zero-order chi connectivity index (χ0) is 15.3. The topological polar surface area (TPSA) is 93.4 Å². The number of aromatic nitrogens is 6. The Morgan fingerprint density at radius 3 is 2.38 bits per heavy atom. The molecule has 0 saturated heterocycles. The molecule has 0 radical (unpaired) electrons. The molecule has 0 saturated carbocycles. The molecule has 114 valence electrons. The second-order valence-electron chi connectivity index (χ2n) is 5.96. The minimum absolute atomic E-state index is 0.136. The van der Waals surface area contributed by atoms with Gasteiger partial charge in [0, 0.05) is 13.1 Å². The molecule has 0 aliphatic carbocycles. The molecule has 2 heterocycles. The van der Waals surface area contributed by atoms with E-state index in [1.807, 2.05) is 0 Å². The van der Waals surface area contributed by atoms with Gasteiger partial charge in [-0.3, -0.25) is 0 Å². The Morgan fingerprint density at radius 1 is 1.10 bits per heavy atom. The number of anilines is 2. The van der Waals surface area contributed by atoms with Crippen LogP contribution in [0.1, 0.15) is 34.1 Å². The summed E-state index contributed by atoms with van der Waals surface area (Å²) in [6.07, 6.45) is 4.01. The van der Waals surface area contributed by atoms with E-state index >= 15 is 0 Å². The zero-order valence-electron chi connectivity index (χ0n) is 13.0. The molecular formula is C13H22N8. The molecule has 2 aromatic heterocycles. The van der Waals surface area contributed by atoms with E-state index in [0.29, 0.717) is 17.8 Å². The molecule has 0 bridgehead atoms. The van der Waals surface area contributed by atoms with Gasteiger partial charge in [0.2, 0.25) is 11.9 Å². The van der Waals surface area contributed by atoms with Crippen LogP contribution < -0.4 is 10.6 Å². The average Bonchev–Trinajstić information content (AvgIpc) is 2.96.